The number of para-hydroxylation sites is 3. The van der Waals surface area contributed by atoms with Crippen LogP contribution in [-0.4, -0.2) is 0 Å². The van der Waals surface area contributed by atoms with E-state index in [0.29, 0.717) is 0 Å². The van der Waals surface area contributed by atoms with Gasteiger partial charge in [0.1, 0.15) is 22.3 Å². The Labute approximate surface area is 371 Å². The Morgan fingerprint density at radius 1 is 0.203 bits per heavy atom. The van der Waals surface area contributed by atoms with Crippen LogP contribution in [0.4, 0.5) is 34.1 Å². The van der Waals surface area contributed by atoms with Crippen molar-refractivity contribution in [3.05, 3.63) is 243 Å². The lowest BCUT2D eigenvalue weighted by Crippen LogP contribution is -2.10. The Balaban J connectivity index is 0.861. The maximum absolute atomic E-state index is 6.38. The smallest absolute Gasteiger partial charge is 0.137 e. The summed E-state index contributed by atoms with van der Waals surface area (Å²) < 4.78 is 12.8. The number of nitrogens with zero attached hydrogens (tertiary/aromatic N) is 2. The first-order valence-electron chi connectivity index (χ1n) is 21.6. The maximum atomic E-state index is 6.38. The SMILES string of the molecule is c1ccc(-c2ccc(-c3ccc(N(c4ccccc4)c4ccc(-c5ccc(N(c6ccc7c(c6)oc6ccccc67)c6ccc7c(c6)oc6ccccc67)cc5)cc4)cc3)cc2)cc1. The molecule has 4 heteroatoms. The van der Waals surface area contributed by atoms with Crippen molar-refractivity contribution in [3.63, 3.8) is 0 Å². The lowest BCUT2D eigenvalue weighted by Gasteiger charge is -2.26. The lowest BCUT2D eigenvalue weighted by molar-refractivity contribution is 0.669. The number of hydrogen-bond donors (Lipinski definition) is 0. The first kappa shape index (κ1) is 37.2. The summed E-state index contributed by atoms with van der Waals surface area (Å²) >= 11 is 0. The second kappa shape index (κ2) is 15.7. The minimum absolute atomic E-state index is 0.847. The van der Waals surface area contributed by atoms with Gasteiger partial charge in [0.15, 0.2) is 0 Å². The summed E-state index contributed by atoms with van der Waals surface area (Å²) in [6.07, 6.45) is 0. The molecule has 0 aliphatic carbocycles. The van der Waals surface area contributed by atoms with Crippen LogP contribution in [0.1, 0.15) is 0 Å². The lowest BCUT2D eigenvalue weighted by atomic mass is 10.00. The summed E-state index contributed by atoms with van der Waals surface area (Å²) in [5.41, 5.74) is 16.8. The average Bonchev–Trinajstić information content (AvgIpc) is 3.93. The highest BCUT2D eigenvalue weighted by molar-refractivity contribution is 6.08. The van der Waals surface area contributed by atoms with Crippen LogP contribution in [0.2, 0.25) is 0 Å². The van der Waals surface area contributed by atoms with Crippen LogP contribution in [0.5, 0.6) is 0 Å². The molecule has 0 saturated heterocycles. The first-order valence-corrected chi connectivity index (χ1v) is 21.6. The highest BCUT2D eigenvalue weighted by atomic mass is 16.3. The Morgan fingerprint density at radius 3 is 0.906 bits per heavy atom. The molecule has 0 amide bonds. The van der Waals surface area contributed by atoms with E-state index >= 15 is 0 Å². The van der Waals surface area contributed by atoms with Crippen molar-refractivity contribution in [3.8, 4) is 33.4 Å². The first-order chi connectivity index (χ1) is 31.7. The number of fused-ring (bicyclic) bond motifs is 6. The fraction of sp³-hybridized carbons (Fsp3) is 0. The molecule has 0 saturated carbocycles. The summed E-state index contributed by atoms with van der Waals surface area (Å²) in [6, 6.07) is 85.8. The van der Waals surface area contributed by atoms with Gasteiger partial charge in [-0.1, -0.05) is 146 Å². The molecule has 4 nitrogen and oxygen atoms in total. The predicted octanol–water partition coefficient (Wildman–Crippen LogP) is 17.4. The zero-order chi connectivity index (χ0) is 42.4. The van der Waals surface area contributed by atoms with E-state index in [2.05, 4.69) is 228 Å². The zero-order valence-electron chi connectivity index (χ0n) is 34.8. The fourth-order valence-electron chi connectivity index (χ4n) is 9.07. The number of hydrogen-bond acceptors (Lipinski definition) is 4. The molecule has 12 aromatic rings. The van der Waals surface area contributed by atoms with E-state index < -0.39 is 0 Å². The summed E-state index contributed by atoms with van der Waals surface area (Å²) in [4.78, 5) is 4.58. The van der Waals surface area contributed by atoms with Crippen molar-refractivity contribution < 1.29 is 8.83 Å². The summed E-state index contributed by atoms with van der Waals surface area (Å²) in [7, 11) is 0. The molecule has 0 fully saturated rings. The molecule has 302 valence electrons. The van der Waals surface area contributed by atoms with E-state index in [-0.39, 0.29) is 0 Å². The third kappa shape index (κ3) is 6.75. The number of rotatable bonds is 9. The molecule has 0 atom stereocenters. The fourth-order valence-corrected chi connectivity index (χ4v) is 9.07. The molecular formula is C60H40N2O2. The normalized spacial score (nSPS) is 11.4. The van der Waals surface area contributed by atoms with E-state index in [1.54, 1.807) is 0 Å². The van der Waals surface area contributed by atoms with Gasteiger partial charge in [0.25, 0.3) is 0 Å². The second-order valence-corrected chi connectivity index (χ2v) is 16.1. The van der Waals surface area contributed by atoms with Gasteiger partial charge in [0.05, 0.1) is 0 Å². The molecule has 64 heavy (non-hydrogen) atoms. The van der Waals surface area contributed by atoms with Crippen LogP contribution in [0.25, 0.3) is 77.3 Å². The van der Waals surface area contributed by atoms with Crippen LogP contribution in [0, 0.1) is 0 Å². The highest BCUT2D eigenvalue weighted by Gasteiger charge is 2.19. The Bertz CT molecular complexity index is 3460. The van der Waals surface area contributed by atoms with Crippen LogP contribution in [0.15, 0.2) is 251 Å². The molecule has 0 N–H and O–H groups in total. The van der Waals surface area contributed by atoms with Gasteiger partial charge in [-0.3, -0.25) is 0 Å². The van der Waals surface area contributed by atoms with Gasteiger partial charge in [-0.15, -0.1) is 0 Å². The third-order valence-corrected chi connectivity index (χ3v) is 12.3. The van der Waals surface area contributed by atoms with Gasteiger partial charge in [-0.25, -0.2) is 0 Å². The molecular weight excluding hydrogens is 781 g/mol. The number of benzene rings is 10. The van der Waals surface area contributed by atoms with E-state index in [0.717, 1.165) is 89.1 Å². The summed E-state index contributed by atoms with van der Waals surface area (Å²) in [5, 5.41) is 4.42. The molecule has 0 unspecified atom stereocenters. The van der Waals surface area contributed by atoms with Crippen molar-refractivity contribution in [1.29, 1.82) is 0 Å². The summed E-state index contributed by atoms with van der Waals surface area (Å²) in [5.74, 6) is 0. The number of furan rings is 2. The minimum Gasteiger partial charge on any atom is -0.456 e. The Kier molecular flexibility index (Phi) is 9.12. The standard InChI is InChI=1S/C60H40N2O2/c1-3-11-41(12-4-1)42-19-21-43(22-20-42)44-23-29-48(30-24-44)61(47-13-5-2-6-14-47)49-31-25-45(26-32-49)46-27-33-50(34-28-46)62(51-35-37-55-53-15-7-9-17-57(53)63-59(55)39-51)52-36-38-56-54-16-8-10-18-58(54)64-60(56)40-52/h1-40H. The van der Waals surface area contributed by atoms with E-state index in [9.17, 15) is 0 Å². The van der Waals surface area contributed by atoms with Crippen molar-refractivity contribution in [1.82, 2.24) is 0 Å². The molecule has 0 spiro atoms. The van der Waals surface area contributed by atoms with Crippen LogP contribution in [-0.2, 0) is 0 Å². The van der Waals surface area contributed by atoms with Crippen molar-refractivity contribution >= 4 is 78.0 Å². The largest absolute Gasteiger partial charge is 0.456 e. The van der Waals surface area contributed by atoms with E-state index in [4.69, 9.17) is 8.83 Å². The molecule has 0 aliphatic rings. The van der Waals surface area contributed by atoms with Crippen molar-refractivity contribution in [2.45, 2.75) is 0 Å². The average molecular weight is 821 g/mol. The Morgan fingerprint density at radius 2 is 0.484 bits per heavy atom. The van der Waals surface area contributed by atoms with Crippen LogP contribution in [0.3, 0.4) is 0 Å². The van der Waals surface area contributed by atoms with Gasteiger partial charge in [-0.05, 0) is 118 Å². The van der Waals surface area contributed by atoms with Gasteiger partial charge in [0, 0.05) is 67.8 Å². The van der Waals surface area contributed by atoms with Crippen LogP contribution < -0.4 is 9.80 Å². The van der Waals surface area contributed by atoms with Gasteiger partial charge in [0.2, 0.25) is 0 Å². The maximum Gasteiger partial charge on any atom is 0.137 e. The second-order valence-electron chi connectivity index (χ2n) is 16.1. The molecule has 10 aromatic carbocycles. The Hall–Kier alpha value is -8.60. The molecule has 0 aliphatic heterocycles. The molecule has 0 radical (unpaired) electrons. The van der Waals surface area contributed by atoms with Gasteiger partial charge in [-0.2, -0.15) is 0 Å². The quantitative estimate of drug-likeness (QED) is 0.145. The van der Waals surface area contributed by atoms with Crippen molar-refractivity contribution in [2.24, 2.45) is 0 Å². The van der Waals surface area contributed by atoms with Crippen molar-refractivity contribution in [2.75, 3.05) is 9.80 Å². The topological polar surface area (TPSA) is 32.8 Å². The summed E-state index contributed by atoms with van der Waals surface area (Å²) in [6.45, 7) is 0. The van der Waals surface area contributed by atoms with E-state index in [1.165, 1.54) is 22.3 Å². The minimum atomic E-state index is 0.847. The van der Waals surface area contributed by atoms with Gasteiger partial charge >= 0.3 is 0 Å². The van der Waals surface area contributed by atoms with Crippen LogP contribution >= 0.6 is 0 Å². The third-order valence-electron chi connectivity index (χ3n) is 12.3. The molecule has 2 aromatic heterocycles. The zero-order valence-corrected chi connectivity index (χ0v) is 34.8. The predicted molar refractivity (Wildman–Crippen MR) is 267 cm³/mol. The van der Waals surface area contributed by atoms with Gasteiger partial charge < -0.3 is 18.6 Å². The number of anilines is 6. The molecule has 0 bridgehead atoms. The monoisotopic (exact) mass is 820 g/mol. The van der Waals surface area contributed by atoms with E-state index in [1.807, 2.05) is 24.3 Å². The molecule has 12 rings (SSSR count). The highest BCUT2D eigenvalue weighted by Crippen LogP contribution is 2.42. The molecule has 2 heterocycles.